The molecule has 1 aromatic carbocycles. The van der Waals surface area contributed by atoms with E-state index in [1.54, 1.807) is 30.3 Å². The molecule has 0 bridgehead atoms. The number of rotatable bonds is 6. The van der Waals surface area contributed by atoms with Crippen molar-refractivity contribution in [2.45, 2.75) is 52.6 Å². The molecule has 0 saturated carbocycles. The Bertz CT molecular complexity index is 1100. The van der Waals surface area contributed by atoms with Crippen LogP contribution >= 0.6 is 0 Å². The van der Waals surface area contributed by atoms with Gasteiger partial charge in [-0.25, -0.2) is 9.67 Å². The maximum atomic E-state index is 13.5. The van der Waals surface area contributed by atoms with Gasteiger partial charge < -0.3 is 4.90 Å². The molecule has 30 heavy (non-hydrogen) atoms. The van der Waals surface area contributed by atoms with E-state index in [9.17, 15) is 14.9 Å². The molecule has 0 N–H and O–H groups in total. The monoisotopic (exact) mass is 409 g/mol. The Morgan fingerprint density at radius 3 is 2.47 bits per heavy atom. The quantitative estimate of drug-likeness (QED) is 0.427. The highest BCUT2D eigenvalue weighted by Crippen LogP contribution is 2.28. The van der Waals surface area contributed by atoms with E-state index in [1.165, 1.54) is 12.1 Å². The van der Waals surface area contributed by atoms with E-state index < -0.39 is 4.92 Å². The zero-order chi connectivity index (χ0) is 22.2. The van der Waals surface area contributed by atoms with Crippen molar-refractivity contribution in [3.63, 3.8) is 0 Å². The molecule has 1 unspecified atom stereocenters. The lowest BCUT2D eigenvalue weighted by molar-refractivity contribution is -0.384. The maximum absolute atomic E-state index is 13.5. The number of aromatic nitrogens is 3. The second kappa shape index (κ2) is 8.22. The molecule has 0 fully saturated rings. The highest BCUT2D eigenvalue weighted by molar-refractivity contribution is 6.05. The van der Waals surface area contributed by atoms with Crippen LogP contribution in [0.3, 0.4) is 0 Å². The lowest BCUT2D eigenvalue weighted by atomic mass is 10.0. The number of carbonyl (C=O) groups is 1. The Hall–Kier alpha value is -3.29. The van der Waals surface area contributed by atoms with Crippen molar-refractivity contribution in [1.29, 1.82) is 0 Å². The fourth-order valence-corrected chi connectivity index (χ4v) is 3.38. The van der Waals surface area contributed by atoms with E-state index in [0.717, 1.165) is 5.69 Å². The van der Waals surface area contributed by atoms with Gasteiger partial charge in [-0.15, -0.1) is 0 Å². The van der Waals surface area contributed by atoms with Gasteiger partial charge in [-0.3, -0.25) is 14.9 Å². The summed E-state index contributed by atoms with van der Waals surface area (Å²) in [5, 5.41) is 16.3. The molecule has 0 radical (unpaired) electrons. The Labute approximate surface area is 175 Å². The summed E-state index contributed by atoms with van der Waals surface area (Å²) in [5.74, 6) is -0.0254. The number of pyridine rings is 1. The molecule has 1 atom stereocenters. The van der Waals surface area contributed by atoms with Gasteiger partial charge in [-0.05, 0) is 38.3 Å². The minimum atomic E-state index is -0.431. The van der Waals surface area contributed by atoms with Crippen LogP contribution in [0.2, 0.25) is 0 Å². The molecule has 2 heterocycles. The first-order valence-electron chi connectivity index (χ1n) is 10.0. The van der Waals surface area contributed by atoms with Crippen molar-refractivity contribution in [3.8, 4) is 0 Å². The van der Waals surface area contributed by atoms with Crippen molar-refractivity contribution < 1.29 is 9.72 Å². The van der Waals surface area contributed by atoms with Crippen LogP contribution in [0.1, 0.15) is 74.2 Å². The number of amides is 1. The van der Waals surface area contributed by atoms with Crippen LogP contribution in [-0.2, 0) is 0 Å². The van der Waals surface area contributed by atoms with E-state index in [0.29, 0.717) is 22.2 Å². The van der Waals surface area contributed by atoms with Gasteiger partial charge in [0, 0.05) is 30.9 Å². The first kappa shape index (κ1) is 21.4. The van der Waals surface area contributed by atoms with Crippen LogP contribution in [0.15, 0.2) is 36.5 Å². The third-order valence-electron chi connectivity index (χ3n) is 5.36. The molecule has 0 aliphatic rings. The average Bonchev–Trinajstić information content (AvgIpc) is 3.15. The zero-order valence-corrected chi connectivity index (χ0v) is 18.2. The van der Waals surface area contributed by atoms with Gasteiger partial charge in [0.15, 0.2) is 5.65 Å². The summed E-state index contributed by atoms with van der Waals surface area (Å²) < 4.78 is 1.82. The number of nitro groups is 1. The molecule has 3 rings (SSSR count). The summed E-state index contributed by atoms with van der Waals surface area (Å²) in [6.07, 6.45) is 1.69. The van der Waals surface area contributed by atoms with Gasteiger partial charge in [0.05, 0.1) is 28.1 Å². The van der Waals surface area contributed by atoms with Gasteiger partial charge in [0.1, 0.15) is 0 Å². The third kappa shape index (κ3) is 3.90. The molecule has 8 heteroatoms. The summed E-state index contributed by atoms with van der Waals surface area (Å²) in [5.41, 5.74) is 2.76. The molecule has 0 aliphatic heterocycles. The van der Waals surface area contributed by atoms with Gasteiger partial charge in [0.25, 0.3) is 11.6 Å². The zero-order valence-electron chi connectivity index (χ0n) is 18.2. The van der Waals surface area contributed by atoms with Gasteiger partial charge >= 0.3 is 0 Å². The topological polar surface area (TPSA) is 94.2 Å². The van der Waals surface area contributed by atoms with Crippen molar-refractivity contribution >= 4 is 22.6 Å². The fraction of sp³-hybridized carbons (Fsp3) is 0.409. The molecule has 0 saturated heterocycles. The first-order valence-corrected chi connectivity index (χ1v) is 10.0. The van der Waals surface area contributed by atoms with Crippen LogP contribution in [-0.4, -0.2) is 37.5 Å². The minimum Gasteiger partial charge on any atom is -0.335 e. The van der Waals surface area contributed by atoms with Crippen LogP contribution in [0, 0.1) is 10.1 Å². The highest BCUT2D eigenvalue weighted by Gasteiger charge is 2.25. The predicted octanol–water partition coefficient (Wildman–Crippen LogP) is 4.88. The van der Waals surface area contributed by atoms with E-state index >= 15 is 0 Å². The number of carbonyl (C=O) groups excluding carboxylic acids is 1. The smallest absolute Gasteiger partial charge is 0.269 e. The fourth-order valence-electron chi connectivity index (χ4n) is 3.38. The van der Waals surface area contributed by atoms with Crippen LogP contribution in [0.5, 0.6) is 0 Å². The Kier molecular flexibility index (Phi) is 5.87. The Morgan fingerprint density at radius 2 is 1.87 bits per heavy atom. The van der Waals surface area contributed by atoms with Crippen molar-refractivity contribution in [3.05, 3.63) is 63.5 Å². The summed E-state index contributed by atoms with van der Waals surface area (Å²) in [7, 11) is 1.71. The molecule has 1 amide bonds. The summed E-state index contributed by atoms with van der Waals surface area (Å²) >= 11 is 0. The van der Waals surface area contributed by atoms with Crippen molar-refractivity contribution in [2.75, 3.05) is 7.05 Å². The van der Waals surface area contributed by atoms with Crippen LogP contribution < -0.4 is 0 Å². The first-order chi connectivity index (χ1) is 14.1. The molecular weight excluding hydrogens is 382 g/mol. The second-order valence-corrected chi connectivity index (χ2v) is 8.11. The van der Waals surface area contributed by atoms with E-state index in [1.807, 2.05) is 45.4 Å². The third-order valence-corrected chi connectivity index (χ3v) is 5.36. The molecule has 2 aromatic heterocycles. The number of nitro benzene ring substituents is 1. The summed E-state index contributed by atoms with van der Waals surface area (Å²) in [6.45, 7) is 9.97. The van der Waals surface area contributed by atoms with E-state index in [-0.39, 0.29) is 29.6 Å². The Balaban J connectivity index is 2.05. The molecule has 0 spiro atoms. The normalized spacial score (nSPS) is 12.5. The molecule has 8 nitrogen and oxygen atoms in total. The van der Waals surface area contributed by atoms with Gasteiger partial charge in [-0.1, -0.05) is 26.0 Å². The van der Waals surface area contributed by atoms with E-state index in [4.69, 9.17) is 4.98 Å². The molecule has 3 aromatic rings. The molecular formula is C22H27N5O3. The summed E-state index contributed by atoms with van der Waals surface area (Å²) in [6, 6.07) is 7.98. The van der Waals surface area contributed by atoms with Crippen LogP contribution in [0.4, 0.5) is 5.69 Å². The van der Waals surface area contributed by atoms with Gasteiger partial charge in [0.2, 0.25) is 0 Å². The minimum absolute atomic E-state index is 0.00630. The highest BCUT2D eigenvalue weighted by atomic mass is 16.6. The number of non-ortho nitro benzene ring substituents is 1. The van der Waals surface area contributed by atoms with Gasteiger partial charge in [-0.2, -0.15) is 5.10 Å². The largest absolute Gasteiger partial charge is 0.335 e. The molecule has 0 aliphatic carbocycles. The molecule has 158 valence electrons. The van der Waals surface area contributed by atoms with Crippen LogP contribution in [0.25, 0.3) is 11.0 Å². The van der Waals surface area contributed by atoms with Crippen molar-refractivity contribution in [1.82, 2.24) is 19.7 Å². The van der Waals surface area contributed by atoms with E-state index in [2.05, 4.69) is 5.10 Å². The second-order valence-electron chi connectivity index (χ2n) is 8.11. The lowest BCUT2D eigenvalue weighted by Crippen LogP contribution is -2.30. The SMILES string of the molecule is CC(C)c1cc(C(=O)N(C)C(C)c2cccc([N+](=O)[O-])c2)c2cnn(C(C)C)c2n1. The number of nitrogens with zero attached hydrogens (tertiary/aromatic N) is 5. The lowest BCUT2D eigenvalue weighted by Gasteiger charge is -2.26. The number of fused-ring (bicyclic) bond motifs is 1. The Morgan fingerprint density at radius 1 is 1.17 bits per heavy atom. The summed E-state index contributed by atoms with van der Waals surface area (Å²) in [4.78, 5) is 30.5. The predicted molar refractivity (Wildman–Crippen MR) is 116 cm³/mol. The standard InChI is InChI=1S/C22H27N5O3/c1-13(2)20-11-18(19-12-23-26(14(3)4)21(19)24-20)22(28)25(6)15(5)16-8-7-9-17(10-16)27(29)30/h7-15H,1-6H3. The number of hydrogen-bond acceptors (Lipinski definition) is 5. The maximum Gasteiger partial charge on any atom is 0.269 e. The number of benzene rings is 1. The van der Waals surface area contributed by atoms with Crippen molar-refractivity contribution in [2.24, 2.45) is 0 Å². The number of hydrogen-bond donors (Lipinski definition) is 0. The average molecular weight is 409 g/mol.